The van der Waals surface area contributed by atoms with E-state index in [2.05, 4.69) is 9.80 Å². The molecule has 2 saturated heterocycles. The predicted octanol–water partition coefficient (Wildman–Crippen LogP) is 2.86. The highest BCUT2D eigenvalue weighted by Crippen LogP contribution is 2.41. The maximum atomic E-state index is 13.4. The topological polar surface area (TPSA) is 93.2 Å². The fourth-order valence-corrected chi connectivity index (χ4v) is 5.89. The highest BCUT2D eigenvalue weighted by Gasteiger charge is 2.40. The molecule has 0 radical (unpaired) electrons. The van der Waals surface area contributed by atoms with E-state index >= 15 is 0 Å². The van der Waals surface area contributed by atoms with Gasteiger partial charge in [-0.05, 0) is 23.7 Å². The summed E-state index contributed by atoms with van der Waals surface area (Å²) >= 11 is 0. The van der Waals surface area contributed by atoms with Crippen LogP contribution in [0, 0.1) is 10.8 Å². The van der Waals surface area contributed by atoms with Crippen molar-refractivity contribution in [3.63, 3.8) is 0 Å². The average Bonchev–Trinajstić information content (AvgIpc) is 2.81. The van der Waals surface area contributed by atoms with E-state index in [1.807, 2.05) is 27.7 Å². The van der Waals surface area contributed by atoms with Crippen molar-refractivity contribution in [2.45, 2.75) is 66.2 Å². The van der Waals surface area contributed by atoms with Crippen LogP contribution in [0.3, 0.4) is 0 Å². The van der Waals surface area contributed by atoms with Crippen molar-refractivity contribution in [3.05, 3.63) is 22.5 Å². The van der Waals surface area contributed by atoms with E-state index in [4.69, 9.17) is 9.47 Å². The maximum Gasteiger partial charge on any atom is 0.168 e. The Morgan fingerprint density at radius 2 is 0.972 bits per heavy atom. The van der Waals surface area contributed by atoms with Crippen LogP contribution in [0.4, 0.5) is 0 Å². The van der Waals surface area contributed by atoms with Gasteiger partial charge in [0.25, 0.3) is 0 Å². The van der Waals surface area contributed by atoms with Crippen LogP contribution in [0.1, 0.15) is 66.2 Å². The predicted molar refractivity (Wildman–Crippen MR) is 134 cm³/mol. The van der Waals surface area contributed by atoms with Crippen molar-refractivity contribution >= 4 is 23.1 Å². The SMILES string of the molecule is CC1(C)CC(=O)C(C(=O)CCC(=O)C2=C(N3CCOCC3)CC(C)(C)CC2=O)=C(N2CCOCC2)C1. The third-order valence-corrected chi connectivity index (χ3v) is 7.63. The van der Waals surface area contributed by atoms with Crippen LogP contribution < -0.4 is 0 Å². The normalized spacial score (nSPS) is 24.9. The Morgan fingerprint density at radius 3 is 1.31 bits per heavy atom. The number of carbonyl (C=O) groups excluding carboxylic acids is 4. The maximum absolute atomic E-state index is 13.4. The van der Waals surface area contributed by atoms with Gasteiger partial charge in [-0.15, -0.1) is 0 Å². The molecule has 0 bridgehead atoms. The Morgan fingerprint density at radius 1 is 0.639 bits per heavy atom. The van der Waals surface area contributed by atoms with Crippen molar-refractivity contribution in [3.8, 4) is 0 Å². The molecule has 0 N–H and O–H groups in total. The summed E-state index contributed by atoms with van der Waals surface area (Å²) in [5.41, 5.74) is 1.65. The van der Waals surface area contributed by atoms with E-state index in [0.29, 0.717) is 78.3 Å². The van der Waals surface area contributed by atoms with Gasteiger partial charge in [0.15, 0.2) is 23.1 Å². The Labute approximate surface area is 214 Å². The number of hydrogen-bond acceptors (Lipinski definition) is 8. The Hall–Kier alpha value is -2.32. The molecular formula is C28H40N2O6. The first-order valence-corrected chi connectivity index (χ1v) is 13.2. The van der Waals surface area contributed by atoms with Crippen molar-refractivity contribution in [2.24, 2.45) is 10.8 Å². The first kappa shape index (κ1) is 26.7. The number of nitrogens with zero attached hydrogens (tertiary/aromatic N) is 2. The lowest BCUT2D eigenvalue weighted by Crippen LogP contribution is -2.42. The quantitative estimate of drug-likeness (QED) is 0.493. The van der Waals surface area contributed by atoms with Crippen LogP contribution in [0.25, 0.3) is 0 Å². The molecule has 0 spiro atoms. The number of allylic oxidation sites excluding steroid dienone is 4. The van der Waals surface area contributed by atoms with Crippen LogP contribution in [0.15, 0.2) is 22.5 Å². The van der Waals surface area contributed by atoms with Gasteiger partial charge in [0.05, 0.1) is 37.6 Å². The number of hydrogen-bond donors (Lipinski definition) is 0. The average molecular weight is 501 g/mol. The number of rotatable bonds is 7. The van der Waals surface area contributed by atoms with Gasteiger partial charge in [-0.1, -0.05) is 27.7 Å². The van der Waals surface area contributed by atoms with Crippen LogP contribution in [0.5, 0.6) is 0 Å². The number of Topliss-reactive ketones (excluding diaryl/α,β-unsaturated/α-hetero) is 4. The lowest BCUT2D eigenvalue weighted by atomic mass is 9.73. The molecule has 0 unspecified atom stereocenters. The lowest BCUT2D eigenvalue weighted by Gasteiger charge is -2.40. The van der Waals surface area contributed by atoms with Gasteiger partial charge in [0.1, 0.15) is 0 Å². The van der Waals surface area contributed by atoms with Crippen molar-refractivity contribution in [1.82, 2.24) is 9.80 Å². The van der Waals surface area contributed by atoms with Crippen LogP contribution in [-0.4, -0.2) is 85.5 Å². The molecule has 2 aliphatic carbocycles. The van der Waals surface area contributed by atoms with E-state index in [1.165, 1.54) is 0 Å². The van der Waals surface area contributed by atoms with Gasteiger partial charge in [-0.2, -0.15) is 0 Å². The van der Waals surface area contributed by atoms with E-state index in [1.54, 1.807) is 0 Å². The van der Waals surface area contributed by atoms with Crippen LogP contribution >= 0.6 is 0 Å². The molecule has 8 heteroatoms. The zero-order valence-corrected chi connectivity index (χ0v) is 22.2. The van der Waals surface area contributed by atoms with Gasteiger partial charge in [-0.25, -0.2) is 0 Å². The first-order chi connectivity index (χ1) is 17.0. The van der Waals surface area contributed by atoms with E-state index in [9.17, 15) is 19.2 Å². The molecular weight excluding hydrogens is 460 g/mol. The molecule has 0 atom stereocenters. The molecule has 2 fully saturated rings. The minimum absolute atomic E-state index is 0.0647. The molecule has 2 heterocycles. The molecule has 8 nitrogen and oxygen atoms in total. The second-order valence-electron chi connectivity index (χ2n) is 12.1. The van der Waals surface area contributed by atoms with Crippen LogP contribution in [-0.2, 0) is 28.7 Å². The lowest BCUT2D eigenvalue weighted by molar-refractivity contribution is -0.127. The minimum atomic E-state index is -0.289. The highest BCUT2D eigenvalue weighted by molar-refractivity contribution is 6.24. The molecule has 0 saturated carbocycles. The summed E-state index contributed by atoms with van der Waals surface area (Å²) in [6.45, 7) is 13.0. The smallest absolute Gasteiger partial charge is 0.168 e. The zero-order valence-electron chi connectivity index (χ0n) is 22.2. The zero-order chi connectivity index (χ0) is 26.1. The van der Waals surface area contributed by atoms with E-state index in [-0.39, 0.29) is 58.0 Å². The minimum Gasteiger partial charge on any atom is -0.378 e. The molecule has 2 aliphatic heterocycles. The Balaban J connectivity index is 1.56. The molecule has 4 aliphatic rings. The third-order valence-electron chi connectivity index (χ3n) is 7.63. The Kier molecular flexibility index (Phi) is 7.86. The largest absolute Gasteiger partial charge is 0.378 e. The van der Waals surface area contributed by atoms with E-state index < -0.39 is 0 Å². The number of morpholine rings is 2. The molecule has 0 amide bonds. The summed E-state index contributed by atoms with van der Waals surface area (Å²) in [4.78, 5) is 57.3. The number of carbonyl (C=O) groups is 4. The number of ketones is 4. The summed E-state index contributed by atoms with van der Waals surface area (Å²) in [6.07, 6.45) is 1.79. The summed E-state index contributed by atoms with van der Waals surface area (Å²) in [5.74, 6) is -0.868. The van der Waals surface area contributed by atoms with Gasteiger partial charge >= 0.3 is 0 Å². The second kappa shape index (κ2) is 10.6. The summed E-state index contributed by atoms with van der Waals surface area (Å²) in [6, 6.07) is 0. The summed E-state index contributed by atoms with van der Waals surface area (Å²) < 4.78 is 10.9. The van der Waals surface area contributed by atoms with Gasteiger partial charge in [0.2, 0.25) is 0 Å². The number of ether oxygens (including phenoxy) is 2. The molecule has 0 aromatic carbocycles. The monoisotopic (exact) mass is 500 g/mol. The molecule has 198 valence electrons. The first-order valence-electron chi connectivity index (χ1n) is 13.2. The van der Waals surface area contributed by atoms with Gasteiger partial charge < -0.3 is 19.3 Å². The Bertz CT molecular complexity index is 914. The van der Waals surface area contributed by atoms with Crippen molar-refractivity contribution < 1.29 is 28.7 Å². The highest BCUT2D eigenvalue weighted by atomic mass is 16.5. The standard InChI is InChI=1S/C28H40N2O6/c1-27(2)15-19(29-7-11-35-12-8-29)25(23(33)17-27)21(31)5-6-22(32)26-20(30-9-13-36-14-10-30)16-28(3,4)18-24(26)34/h5-18H2,1-4H3. The molecule has 4 rings (SSSR count). The van der Waals surface area contributed by atoms with Crippen molar-refractivity contribution in [1.29, 1.82) is 0 Å². The molecule has 0 aromatic heterocycles. The van der Waals surface area contributed by atoms with Gasteiger partial charge in [-0.3, -0.25) is 19.2 Å². The van der Waals surface area contributed by atoms with Crippen LogP contribution in [0.2, 0.25) is 0 Å². The van der Waals surface area contributed by atoms with E-state index in [0.717, 1.165) is 11.4 Å². The summed E-state index contributed by atoms with van der Waals surface area (Å²) in [5, 5.41) is 0. The second-order valence-corrected chi connectivity index (χ2v) is 12.1. The molecule has 36 heavy (non-hydrogen) atoms. The van der Waals surface area contributed by atoms with Crippen molar-refractivity contribution in [2.75, 3.05) is 52.6 Å². The van der Waals surface area contributed by atoms with Gasteiger partial charge in [0, 0.05) is 63.3 Å². The fraction of sp³-hybridized carbons (Fsp3) is 0.714. The molecule has 0 aromatic rings. The third kappa shape index (κ3) is 5.97. The summed E-state index contributed by atoms with van der Waals surface area (Å²) in [7, 11) is 0. The fourth-order valence-electron chi connectivity index (χ4n) is 5.89.